The predicted molar refractivity (Wildman–Crippen MR) is 98.9 cm³/mol. The molecule has 0 saturated heterocycles. The van der Waals surface area contributed by atoms with Crippen molar-refractivity contribution in [3.05, 3.63) is 59.4 Å². The third-order valence-corrected chi connectivity index (χ3v) is 3.76. The van der Waals surface area contributed by atoms with Crippen molar-refractivity contribution in [1.29, 1.82) is 0 Å². The van der Waals surface area contributed by atoms with Crippen LogP contribution < -0.4 is 15.4 Å². The number of amides is 2. The molecule has 6 heteroatoms. The fraction of sp³-hybridized carbons (Fsp3) is 0.300. The summed E-state index contributed by atoms with van der Waals surface area (Å²) in [6, 6.07) is 10.8. The molecule has 0 aliphatic heterocycles. The molecule has 2 N–H and O–H groups in total. The Hall–Kier alpha value is -2.89. The van der Waals surface area contributed by atoms with Gasteiger partial charge in [-0.25, -0.2) is 4.39 Å². The Morgan fingerprint density at radius 1 is 1.12 bits per heavy atom. The molecule has 0 aromatic heterocycles. The average Bonchev–Trinajstić information content (AvgIpc) is 2.63. The largest absolute Gasteiger partial charge is 0.494 e. The zero-order valence-corrected chi connectivity index (χ0v) is 15.0. The van der Waals surface area contributed by atoms with Gasteiger partial charge in [-0.1, -0.05) is 13.3 Å². The number of benzene rings is 2. The molecule has 0 spiro atoms. The summed E-state index contributed by atoms with van der Waals surface area (Å²) < 4.78 is 18.6. The summed E-state index contributed by atoms with van der Waals surface area (Å²) in [6.45, 7) is 4.25. The van der Waals surface area contributed by atoms with Crippen molar-refractivity contribution in [2.24, 2.45) is 0 Å². The molecule has 5 nitrogen and oxygen atoms in total. The Morgan fingerprint density at radius 3 is 2.50 bits per heavy atom. The quantitative estimate of drug-likeness (QED) is 0.708. The molecule has 0 atom stereocenters. The molecule has 2 rings (SSSR count). The van der Waals surface area contributed by atoms with Gasteiger partial charge in [0.25, 0.3) is 5.91 Å². The number of unbranched alkanes of at least 4 members (excludes halogenated alkanes) is 1. The number of aryl methyl sites for hydroxylation is 1. The van der Waals surface area contributed by atoms with E-state index in [1.54, 1.807) is 31.2 Å². The van der Waals surface area contributed by atoms with Gasteiger partial charge in [-0.2, -0.15) is 0 Å². The molecule has 2 amide bonds. The van der Waals surface area contributed by atoms with E-state index in [0.29, 0.717) is 29.2 Å². The summed E-state index contributed by atoms with van der Waals surface area (Å²) in [5.74, 6) is -0.390. The first-order valence-corrected chi connectivity index (χ1v) is 8.56. The van der Waals surface area contributed by atoms with Crippen LogP contribution in [-0.2, 0) is 4.79 Å². The third-order valence-electron chi connectivity index (χ3n) is 3.76. The van der Waals surface area contributed by atoms with Gasteiger partial charge < -0.3 is 15.4 Å². The van der Waals surface area contributed by atoms with Crippen LogP contribution in [0.5, 0.6) is 5.75 Å². The molecule has 0 aliphatic rings. The highest BCUT2D eigenvalue weighted by atomic mass is 19.1. The summed E-state index contributed by atoms with van der Waals surface area (Å²) in [6.07, 6.45) is 2.03. The van der Waals surface area contributed by atoms with Gasteiger partial charge in [-0.15, -0.1) is 0 Å². The number of halogens is 1. The van der Waals surface area contributed by atoms with Crippen LogP contribution in [0.25, 0.3) is 0 Å². The third kappa shape index (κ3) is 5.88. The SMILES string of the molecule is CCCCOc1ccc(C(=O)NCC(=O)Nc2ccc(F)cc2C)cc1. The maximum absolute atomic E-state index is 13.1. The smallest absolute Gasteiger partial charge is 0.251 e. The summed E-state index contributed by atoms with van der Waals surface area (Å²) >= 11 is 0. The lowest BCUT2D eigenvalue weighted by Crippen LogP contribution is -2.33. The Bertz CT molecular complexity index is 760. The molecule has 0 heterocycles. The zero-order valence-electron chi connectivity index (χ0n) is 15.0. The summed E-state index contributed by atoms with van der Waals surface area (Å²) in [7, 11) is 0. The second-order valence-electron chi connectivity index (χ2n) is 5.92. The molecular formula is C20H23FN2O3. The average molecular weight is 358 g/mol. The van der Waals surface area contributed by atoms with Crippen LogP contribution in [-0.4, -0.2) is 25.0 Å². The monoisotopic (exact) mass is 358 g/mol. The number of hydrogen-bond acceptors (Lipinski definition) is 3. The zero-order chi connectivity index (χ0) is 18.9. The van der Waals surface area contributed by atoms with Gasteiger partial charge in [-0.05, 0) is 61.4 Å². The van der Waals surface area contributed by atoms with Crippen LogP contribution in [0.15, 0.2) is 42.5 Å². The lowest BCUT2D eigenvalue weighted by Gasteiger charge is -2.10. The number of anilines is 1. The number of carbonyl (C=O) groups excluding carboxylic acids is 2. The highest BCUT2D eigenvalue weighted by molar-refractivity contribution is 5.99. The van der Waals surface area contributed by atoms with Crippen LogP contribution >= 0.6 is 0 Å². The molecule has 2 aromatic rings. The number of nitrogens with one attached hydrogen (secondary N) is 2. The van der Waals surface area contributed by atoms with Crippen molar-refractivity contribution in [3.8, 4) is 5.75 Å². The van der Waals surface area contributed by atoms with Gasteiger partial charge in [-0.3, -0.25) is 9.59 Å². The molecule has 26 heavy (non-hydrogen) atoms. The van der Waals surface area contributed by atoms with Gasteiger partial charge in [0.2, 0.25) is 5.91 Å². The Labute approximate surface area is 152 Å². The highest BCUT2D eigenvalue weighted by Gasteiger charge is 2.10. The number of carbonyl (C=O) groups is 2. The molecular weight excluding hydrogens is 335 g/mol. The summed E-state index contributed by atoms with van der Waals surface area (Å²) in [5, 5.41) is 5.20. The Balaban J connectivity index is 1.82. The first-order valence-electron chi connectivity index (χ1n) is 8.56. The van der Waals surface area contributed by atoms with Gasteiger partial charge in [0, 0.05) is 11.3 Å². The fourth-order valence-corrected chi connectivity index (χ4v) is 2.26. The molecule has 0 saturated carbocycles. The van der Waals surface area contributed by atoms with E-state index < -0.39 is 0 Å². The number of rotatable bonds is 8. The van der Waals surface area contributed by atoms with E-state index in [-0.39, 0.29) is 24.2 Å². The summed E-state index contributed by atoms with van der Waals surface area (Å²) in [5.41, 5.74) is 1.57. The Morgan fingerprint density at radius 2 is 1.85 bits per heavy atom. The van der Waals surface area contributed by atoms with Crippen molar-refractivity contribution in [2.45, 2.75) is 26.7 Å². The van der Waals surface area contributed by atoms with Crippen molar-refractivity contribution >= 4 is 17.5 Å². The minimum absolute atomic E-state index is 0.176. The van der Waals surface area contributed by atoms with Crippen LogP contribution in [0.2, 0.25) is 0 Å². The second kappa shape index (κ2) is 9.56. The summed E-state index contributed by atoms with van der Waals surface area (Å²) in [4.78, 5) is 24.0. The predicted octanol–water partition coefficient (Wildman–Crippen LogP) is 3.68. The topological polar surface area (TPSA) is 67.4 Å². The first kappa shape index (κ1) is 19.4. The van der Waals surface area contributed by atoms with Crippen molar-refractivity contribution in [2.75, 3.05) is 18.5 Å². The van der Waals surface area contributed by atoms with E-state index in [1.807, 2.05) is 0 Å². The van der Waals surface area contributed by atoms with E-state index in [9.17, 15) is 14.0 Å². The van der Waals surface area contributed by atoms with Crippen LogP contribution in [0, 0.1) is 12.7 Å². The molecule has 0 aliphatic carbocycles. The van der Waals surface area contributed by atoms with E-state index >= 15 is 0 Å². The van der Waals surface area contributed by atoms with Gasteiger partial charge in [0.15, 0.2) is 0 Å². The minimum atomic E-state index is -0.382. The maximum atomic E-state index is 13.1. The van der Waals surface area contributed by atoms with E-state index in [2.05, 4.69) is 17.6 Å². The van der Waals surface area contributed by atoms with Gasteiger partial charge in [0.05, 0.1) is 13.2 Å². The number of ether oxygens (including phenoxy) is 1. The van der Waals surface area contributed by atoms with Gasteiger partial charge >= 0.3 is 0 Å². The highest BCUT2D eigenvalue weighted by Crippen LogP contribution is 2.15. The number of hydrogen-bond donors (Lipinski definition) is 2. The van der Waals surface area contributed by atoms with Crippen LogP contribution in [0.1, 0.15) is 35.7 Å². The van der Waals surface area contributed by atoms with Crippen molar-refractivity contribution in [3.63, 3.8) is 0 Å². The molecule has 0 bridgehead atoms. The van der Waals surface area contributed by atoms with Crippen molar-refractivity contribution in [1.82, 2.24) is 5.32 Å². The molecule has 0 fully saturated rings. The first-order chi connectivity index (χ1) is 12.5. The lowest BCUT2D eigenvalue weighted by molar-refractivity contribution is -0.115. The van der Waals surface area contributed by atoms with Crippen LogP contribution in [0.3, 0.4) is 0 Å². The Kier molecular flexibility index (Phi) is 7.14. The molecule has 0 unspecified atom stereocenters. The van der Waals surface area contributed by atoms with E-state index in [1.165, 1.54) is 18.2 Å². The lowest BCUT2D eigenvalue weighted by atomic mass is 10.2. The standard InChI is InChI=1S/C20H23FN2O3/c1-3-4-11-26-17-8-5-15(6-9-17)20(25)22-13-19(24)23-18-10-7-16(21)12-14(18)2/h5-10,12H,3-4,11,13H2,1-2H3,(H,22,25)(H,23,24). The second-order valence-corrected chi connectivity index (χ2v) is 5.92. The van der Waals surface area contributed by atoms with Crippen LogP contribution in [0.4, 0.5) is 10.1 Å². The molecule has 138 valence electrons. The maximum Gasteiger partial charge on any atom is 0.251 e. The minimum Gasteiger partial charge on any atom is -0.494 e. The van der Waals surface area contributed by atoms with Gasteiger partial charge in [0.1, 0.15) is 11.6 Å². The molecule has 2 aromatic carbocycles. The van der Waals surface area contributed by atoms with E-state index in [4.69, 9.17) is 4.74 Å². The van der Waals surface area contributed by atoms with E-state index in [0.717, 1.165) is 12.8 Å². The fourth-order valence-electron chi connectivity index (χ4n) is 2.26. The molecule has 0 radical (unpaired) electrons. The normalized spacial score (nSPS) is 10.3. The van der Waals surface area contributed by atoms with Crippen molar-refractivity contribution < 1.29 is 18.7 Å².